The van der Waals surface area contributed by atoms with Crippen molar-refractivity contribution in [2.24, 2.45) is 5.10 Å². The van der Waals surface area contributed by atoms with Gasteiger partial charge in [-0.25, -0.2) is 10.1 Å². The van der Waals surface area contributed by atoms with Gasteiger partial charge in [0.1, 0.15) is 0 Å². The molecule has 0 bridgehead atoms. The van der Waals surface area contributed by atoms with Gasteiger partial charge in [0.25, 0.3) is 11.5 Å². The molecular formula is C19H17BrN4O2. The van der Waals surface area contributed by atoms with Gasteiger partial charge in [-0.15, -0.1) is 0 Å². The first kappa shape index (κ1) is 17.9. The lowest BCUT2D eigenvalue weighted by Crippen LogP contribution is -2.23. The minimum absolute atomic E-state index is 0.215. The van der Waals surface area contributed by atoms with Gasteiger partial charge in [0.05, 0.1) is 17.0 Å². The molecule has 1 aromatic heterocycles. The van der Waals surface area contributed by atoms with Crippen molar-refractivity contribution >= 4 is 27.5 Å². The number of rotatable bonds is 4. The van der Waals surface area contributed by atoms with Crippen LogP contribution in [0.5, 0.6) is 0 Å². The van der Waals surface area contributed by atoms with E-state index >= 15 is 0 Å². The van der Waals surface area contributed by atoms with E-state index < -0.39 is 0 Å². The minimum Gasteiger partial charge on any atom is -0.295 e. The zero-order valence-electron chi connectivity index (χ0n) is 14.3. The Morgan fingerprint density at radius 2 is 1.77 bits per heavy atom. The number of halogens is 1. The summed E-state index contributed by atoms with van der Waals surface area (Å²) in [4.78, 5) is 24.9. The van der Waals surface area contributed by atoms with Crippen molar-refractivity contribution in [2.75, 3.05) is 0 Å². The molecular weight excluding hydrogens is 396 g/mol. The Morgan fingerprint density at radius 3 is 2.42 bits per heavy atom. The van der Waals surface area contributed by atoms with Gasteiger partial charge in [-0.3, -0.25) is 14.7 Å². The number of aromatic amines is 1. The van der Waals surface area contributed by atoms with E-state index in [0.717, 1.165) is 10.2 Å². The minimum atomic E-state index is -0.339. The lowest BCUT2D eigenvalue weighted by molar-refractivity contribution is 0.0955. The number of aromatic nitrogens is 2. The van der Waals surface area contributed by atoms with E-state index in [4.69, 9.17) is 0 Å². The van der Waals surface area contributed by atoms with E-state index in [0.29, 0.717) is 22.5 Å². The zero-order chi connectivity index (χ0) is 18.7. The van der Waals surface area contributed by atoms with Crippen molar-refractivity contribution in [1.29, 1.82) is 0 Å². The molecule has 1 amide bonds. The van der Waals surface area contributed by atoms with Crippen LogP contribution in [0.3, 0.4) is 0 Å². The molecule has 0 saturated heterocycles. The number of nitrogens with one attached hydrogen (secondary N) is 2. The Bertz CT molecular complexity index is 1020. The molecule has 0 atom stereocenters. The molecule has 2 aromatic carbocycles. The van der Waals surface area contributed by atoms with E-state index in [1.54, 1.807) is 38.1 Å². The summed E-state index contributed by atoms with van der Waals surface area (Å²) in [5, 5.41) is 7.13. The van der Waals surface area contributed by atoms with Crippen molar-refractivity contribution < 1.29 is 4.79 Å². The van der Waals surface area contributed by atoms with E-state index in [1.807, 2.05) is 30.3 Å². The summed E-state index contributed by atoms with van der Waals surface area (Å²) < 4.78 is 2.35. The van der Waals surface area contributed by atoms with Crippen LogP contribution in [0.1, 0.15) is 28.5 Å². The highest BCUT2D eigenvalue weighted by Gasteiger charge is 2.15. The van der Waals surface area contributed by atoms with Gasteiger partial charge in [0.2, 0.25) is 0 Å². The molecule has 1 heterocycles. The summed E-state index contributed by atoms with van der Waals surface area (Å²) in [7, 11) is 0. The average Bonchev–Trinajstić information content (AvgIpc) is 2.95. The van der Waals surface area contributed by atoms with Crippen LogP contribution in [0.15, 0.2) is 69.0 Å². The Morgan fingerprint density at radius 1 is 1.12 bits per heavy atom. The normalized spacial score (nSPS) is 11.4. The second kappa shape index (κ2) is 7.53. The Labute approximate surface area is 158 Å². The summed E-state index contributed by atoms with van der Waals surface area (Å²) in [6.07, 6.45) is 0. The topological polar surface area (TPSA) is 79.2 Å². The van der Waals surface area contributed by atoms with Gasteiger partial charge >= 0.3 is 0 Å². The van der Waals surface area contributed by atoms with Gasteiger partial charge < -0.3 is 0 Å². The largest absolute Gasteiger partial charge is 0.295 e. The Balaban J connectivity index is 1.86. The molecule has 26 heavy (non-hydrogen) atoms. The number of carbonyl (C=O) groups is 1. The molecule has 6 nitrogen and oxygen atoms in total. The molecule has 0 spiro atoms. The van der Waals surface area contributed by atoms with Gasteiger partial charge in [0.15, 0.2) is 0 Å². The number of nitrogens with zero attached hydrogens (tertiary/aromatic N) is 2. The first-order valence-corrected chi connectivity index (χ1v) is 8.74. The molecule has 0 saturated carbocycles. The lowest BCUT2D eigenvalue weighted by atomic mass is 10.2. The lowest BCUT2D eigenvalue weighted by Gasteiger charge is -2.02. The standard InChI is InChI=1S/C19H17BrN4O2/c1-12(21-22-18(25)14-8-10-15(20)11-9-14)17-13(2)23-24(19(17)26)16-6-4-3-5-7-16/h3-11,23H,1-2H3,(H,22,25)/b21-12+. The highest BCUT2D eigenvalue weighted by atomic mass is 79.9. The zero-order valence-corrected chi connectivity index (χ0v) is 15.9. The number of carbonyl (C=O) groups excluding carboxylic acids is 1. The number of H-pyrrole nitrogens is 1. The van der Waals surface area contributed by atoms with E-state index in [-0.39, 0.29) is 11.5 Å². The van der Waals surface area contributed by atoms with E-state index in [2.05, 4.69) is 31.6 Å². The number of hydrazone groups is 1. The summed E-state index contributed by atoms with van der Waals surface area (Å²) in [6.45, 7) is 3.49. The maximum Gasteiger partial charge on any atom is 0.280 e. The van der Waals surface area contributed by atoms with Gasteiger partial charge in [-0.2, -0.15) is 5.10 Å². The van der Waals surface area contributed by atoms with Gasteiger partial charge in [-0.1, -0.05) is 34.1 Å². The second-order valence-electron chi connectivity index (χ2n) is 5.73. The van der Waals surface area contributed by atoms with Crippen LogP contribution >= 0.6 is 15.9 Å². The average molecular weight is 413 g/mol. The molecule has 132 valence electrons. The first-order chi connectivity index (χ1) is 12.5. The quantitative estimate of drug-likeness (QED) is 0.508. The van der Waals surface area contributed by atoms with Crippen LogP contribution in [-0.4, -0.2) is 21.4 Å². The predicted octanol–water partition coefficient (Wildman–Crippen LogP) is 3.39. The molecule has 0 aliphatic heterocycles. The third-order valence-corrected chi connectivity index (χ3v) is 4.41. The van der Waals surface area contributed by atoms with Crippen LogP contribution in [0, 0.1) is 6.92 Å². The third-order valence-electron chi connectivity index (χ3n) is 3.88. The maximum atomic E-state index is 12.7. The van der Waals surface area contributed by atoms with Crippen LogP contribution in [0.4, 0.5) is 0 Å². The molecule has 0 aliphatic carbocycles. The summed E-state index contributed by atoms with van der Waals surface area (Å²) in [6, 6.07) is 16.2. The summed E-state index contributed by atoms with van der Waals surface area (Å²) >= 11 is 3.33. The Kier molecular flexibility index (Phi) is 5.18. The van der Waals surface area contributed by atoms with Crippen LogP contribution in [-0.2, 0) is 0 Å². The summed E-state index contributed by atoms with van der Waals surface area (Å²) in [5.74, 6) is -0.339. The van der Waals surface area contributed by atoms with Crippen molar-refractivity contribution in [3.05, 3.63) is 86.2 Å². The monoisotopic (exact) mass is 412 g/mol. The maximum absolute atomic E-state index is 12.7. The van der Waals surface area contributed by atoms with Crippen LogP contribution in [0.25, 0.3) is 5.69 Å². The van der Waals surface area contributed by atoms with Crippen molar-refractivity contribution in [1.82, 2.24) is 15.2 Å². The van der Waals surface area contributed by atoms with Crippen LogP contribution < -0.4 is 11.0 Å². The smallest absolute Gasteiger partial charge is 0.280 e. The molecule has 0 fully saturated rings. The van der Waals surface area contributed by atoms with Gasteiger partial charge in [-0.05, 0) is 50.2 Å². The molecule has 0 unspecified atom stereocenters. The molecule has 3 aromatic rings. The SMILES string of the molecule is C/C(=N\NC(=O)c1ccc(Br)cc1)c1c(C)[nH]n(-c2ccccc2)c1=O. The fourth-order valence-electron chi connectivity index (χ4n) is 2.59. The highest BCUT2D eigenvalue weighted by molar-refractivity contribution is 9.10. The fourth-order valence-corrected chi connectivity index (χ4v) is 2.85. The molecule has 0 aliphatic rings. The number of aryl methyl sites for hydroxylation is 1. The van der Waals surface area contributed by atoms with Crippen LogP contribution in [0.2, 0.25) is 0 Å². The Hall–Kier alpha value is -2.93. The van der Waals surface area contributed by atoms with E-state index in [9.17, 15) is 9.59 Å². The van der Waals surface area contributed by atoms with Gasteiger partial charge in [0, 0.05) is 15.7 Å². The number of hydrogen-bond donors (Lipinski definition) is 2. The van der Waals surface area contributed by atoms with E-state index in [1.165, 1.54) is 4.68 Å². The number of para-hydroxylation sites is 1. The number of benzene rings is 2. The second-order valence-corrected chi connectivity index (χ2v) is 6.65. The third kappa shape index (κ3) is 3.67. The van der Waals surface area contributed by atoms with Crippen molar-refractivity contribution in [3.8, 4) is 5.69 Å². The molecule has 0 radical (unpaired) electrons. The highest BCUT2D eigenvalue weighted by Crippen LogP contribution is 2.11. The first-order valence-electron chi connectivity index (χ1n) is 7.95. The number of hydrogen-bond acceptors (Lipinski definition) is 3. The van der Waals surface area contributed by atoms with Crippen molar-refractivity contribution in [2.45, 2.75) is 13.8 Å². The summed E-state index contributed by atoms with van der Waals surface area (Å²) in [5.41, 5.74) is 5.04. The predicted molar refractivity (Wildman–Crippen MR) is 105 cm³/mol. The molecule has 7 heteroatoms. The molecule has 2 N–H and O–H groups in total. The molecule has 3 rings (SSSR count). The number of amides is 1. The fraction of sp³-hybridized carbons (Fsp3) is 0.105. The van der Waals surface area contributed by atoms with Crippen molar-refractivity contribution in [3.63, 3.8) is 0 Å².